The van der Waals surface area contributed by atoms with Crippen molar-refractivity contribution >= 4 is 17.7 Å². The third-order valence-electron chi connectivity index (χ3n) is 8.57. The van der Waals surface area contributed by atoms with Gasteiger partial charge in [-0.2, -0.15) is 4.98 Å². The average Bonchev–Trinajstić information content (AvgIpc) is 2.93. The van der Waals surface area contributed by atoms with E-state index in [4.69, 9.17) is 9.47 Å². The summed E-state index contributed by atoms with van der Waals surface area (Å²) >= 11 is 0. The summed E-state index contributed by atoms with van der Waals surface area (Å²) in [6.45, 7) is 10.8. The molecule has 42 heavy (non-hydrogen) atoms. The molecule has 2 N–H and O–H groups in total. The first-order chi connectivity index (χ1) is 20.0. The first kappa shape index (κ1) is 30.0. The second-order valence-electron chi connectivity index (χ2n) is 11.8. The number of nitrogens with zero attached hydrogens (tertiary/aromatic N) is 5. The number of fused-ring (bicyclic) bond motifs is 1. The van der Waals surface area contributed by atoms with E-state index in [9.17, 15) is 24.2 Å². The zero-order valence-electron chi connectivity index (χ0n) is 24.6. The number of benzene rings is 1. The zero-order chi connectivity index (χ0) is 30.1. The number of aromatic hydroxyl groups is 1. The van der Waals surface area contributed by atoms with Crippen molar-refractivity contribution in [2.45, 2.75) is 64.3 Å². The number of ether oxygens (including phenoxy) is 2. The van der Waals surface area contributed by atoms with Gasteiger partial charge in [0.2, 0.25) is 17.7 Å². The fourth-order valence-corrected chi connectivity index (χ4v) is 6.27. The highest BCUT2D eigenvalue weighted by molar-refractivity contribution is 5.97. The van der Waals surface area contributed by atoms with E-state index in [1.807, 2.05) is 13.8 Å². The minimum atomic E-state index is -0.961. The highest BCUT2D eigenvalue weighted by atomic mass is 19.1. The van der Waals surface area contributed by atoms with Crippen molar-refractivity contribution in [1.82, 2.24) is 19.7 Å². The van der Waals surface area contributed by atoms with Crippen molar-refractivity contribution in [2.75, 3.05) is 50.9 Å². The molecule has 5 rings (SSSR count). The van der Waals surface area contributed by atoms with Crippen LogP contribution in [0.3, 0.4) is 0 Å². The molecule has 0 bridgehead atoms. The second-order valence-corrected chi connectivity index (χ2v) is 11.8. The van der Waals surface area contributed by atoms with Gasteiger partial charge in [-0.15, -0.1) is 0 Å². The fourth-order valence-electron chi connectivity index (χ4n) is 6.27. The summed E-state index contributed by atoms with van der Waals surface area (Å²) < 4.78 is 24.9. The van der Waals surface area contributed by atoms with Gasteiger partial charge in [0.1, 0.15) is 18.1 Å². The molecule has 0 saturated carbocycles. The summed E-state index contributed by atoms with van der Waals surface area (Å²) in [5, 5.41) is 20.5. The lowest BCUT2D eigenvalue weighted by Crippen LogP contribution is -2.65. The number of morpholine rings is 1. The molecule has 11 nitrogen and oxygen atoms in total. The molecule has 2 fully saturated rings. The number of carboxylic acid groups (broad SMARTS) is 1. The molecule has 4 heterocycles. The van der Waals surface area contributed by atoms with Crippen LogP contribution in [0.2, 0.25) is 0 Å². The Morgan fingerprint density at radius 2 is 1.69 bits per heavy atom. The molecule has 0 radical (unpaired) electrons. The van der Waals surface area contributed by atoms with Crippen LogP contribution in [0.1, 0.15) is 38.8 Å². The van der Waals surface area contributed by atoms with Crippen LogP contribution in [0.4, 0.5) is 14.9 Å². The third kappa shape index (κ3) is 6.30. The monoisotopic (exact) mass is 585 g/mol. The number of carbonyl (C=O) groups is 2. The Balaban J connectivity index is 1.39. The van der Waals surface area contributed by atoms with E-state index >= 15 is 0 Å². The maximum atomic E-state index is 14.1. The summed E-state index contributed by atoms with van der Waals surface area (Å²) in [7, 11) is 0. The van der Waals surface area contributed by atoms with Crippen molar-refractivity contribution in [1.29, 1.82) is 0 Å². The van der Waals surface area contributed by atoms with Gasteiger partial charge in [0.15, 0.2) is 0 Å². The maximum Gasteiger partial charge on any atom is 0.407 e. The molecule has 2 aromatic rings. The normalized spacial score (nSPS) is 26.9. The molecule has 2 amide bonds. The number of amides is 2. The first-order valence-corrected chi connectivity index (χ1v) is 14.5. The van der Waals surface area contributed by atoms with Gasteiger partial charge in [0.05, 0.1) is 25.8 Å². The van der Waals surface area contributed by atoms with E-state index in [2.05, 4.69) is 28.6 Å². The van der Waals surface area contributed by atoms with Gasteiger partial charge in [0.25, 0.3) is 0 Å². The molecule has 3 aliphatic rings. The molecule has 2 saturated heterocycles. The van der Waals surface area contributed by atoms with Gasteiger partial charge >= 0.3 is 6.09 Å². The van der Waals surface area contributed by atoms with Crippen LogP contribution in [-0.2, 0) is 16.0 Å². The lowest BCUT2D eigenvalue weighted by atomic mass is 10.0. The molecule has 0 aliphatic carbocycles. The van der Waals surface area contributed by atoms with Crippen molar-refractivity contribution in [3.63, 3.8) is 0 Å². The van der Waals surface area contributed by atoms with Crippen molar-refractivity contribution < 1.29 is 33.7 Å². The van der Waals surface area contributed by atoms with Gasteiger partial charge in [-0.1, -0.05) is 12.1 Å². The fraction of sp³-hybridized carbons (Fsp3) is 0.567. The number of aromatic nitrogens is 1. The number of hydrogen-bond acceptors (Lipinski definition) is 8. The van der Waals surface area contributed by atoms with Gasteiger partial charge in [-0.3, -0.25) is 14.6 Å². The summed E-state index contributed by atoms with van der Waals surface area (Å²) in [4.78, 5) is 37.9. The van der Waals surface area contributed by atoms with Crippen molar-refractivity contribution in [3.8, 4) is 11.8 Å². The van der Waals surface area contributed by atoms with Crippen LogP contribution in [0, 0.1) is 5.82 Å². The van der Waals surface area contributed by atoms with Gasteiger partial charge in [0, 0.05) is 55.8 Å². The quantitative estimate of drug-likeness (QED) is 0.528. The van der Waals surface area contributed by atoms with E-state index in [1.54, 1.807) is 23.1 Å². The third-order valence-corrected chi connectivity index (χ3v) is 8.57. The van der Waals surface area contributed by atoms with Crippen molar-refractivity contribution in [3.05, 3.63) is 47.3 Å². The SMILES string of the molecule is C[C@@H]1CN(CC(=O)N2c3cc(Cc4ccc(F)cc4)c(O)nc3OC[C@@H]2C)[C@@H](CN2[C@H](C)COC[C@H]2C)CN1C(=O)O. The van der Waals surface area contributed by atoms with Crippen molar-refractivity contribution in [2.24, 2.45) is 0 Å². The van der Waals surface area contributed by atoms with Gasteiger partial charge in [-0.25, -0.2) is 9.18 Å². The highest BCUT2D eigenvalue weighted by Crippen LogP contribution is 2.37. The highest BCUT2D eigenvalue weighted by Gasteiger charge is 2.40. The molecule has 0 unspecified atom stereocenters. The first-order valence-electron chi connectivity index (χ1n) is 14.5. The Labute approximate surface area is 245 Å². The smallest absolute Gasteiger partial charge is 0.407 e. The number of carbonyl (C=O) groups excluding carboxylic acids is 1. The molecule has 1 aromatic carbocycles. The molecule has 228 valence electrons. The van der Waals surface area contributed by atoms with Crippen LogP contribution in [0.5, 0.6) is 11.8 Å². The standard InChI is InChI=1S/C30H40FN5O6/c1-18-11-33(25(13-35(18)30(39)40)12-34-19(2)15-41-16-20(34)3)14-27(37)36-21(4)17-42-29-26(36)10-23(28(38)32-29)9-22-5-7-24(31)8-6-22/h5-8,10,18-21,25H,9,11-17H2,1-4H3,(H,32,38)(H,39,40)/t18-,19-,20-,21+,25+/m1/s1. The minimum Gasteiger partial charge on any atom is -0.493 e. The molecule has 0 spiro atoms. The maximum absolute atomic E-state index is 14.1. The molecule has 5 atom stereocenters. The summed E-state index contributed by atoms with van der Waals surface area (Å²) in [6, 6.07) is 7.32. The summed E-state index contributed by atoms with van der Waals surface area (Å²) in [5.41, 5.74) is 1.75. The van der Waals surface area contributed by atoms with Crippen LogP contribution in [0.15, 0.2) is 30.3 Å². The van der Waals surface area contributed by atoms with Gasteiger partial charge < -0.3 is 29.5 Å². The molecule has 1 aromatic heterocycles. The number of halogens is 1. The Hall–Kier alpha value is -3.48. The molecule has 12 heteroatoms. The van der Waals surface area contributed by atoms with Crippen LogP contribution >= 0.6 is 0 Å². The van der Waals surface area contributed by atoms with E-state index in [-0.39, 0.29) is 66.8 Å². The van der Waals surface area contributed by atoms with E-state index in [0.29, 0.717) is 50.5 Å². The van der Waals surface area contributed by atoms with Crippen LogP contribution < -0.4 is 9.64 Å². The Kier molecular flexibility index (Phi) is 8.86. The lowest BCUT2D eigenvalue weighted by Gasteiger charge is -2.48. The predicted octanol–water partition coefficient (Wildman–Crippen LogP) is 2.79. The summed E-state index contributed by atoms with van der Waals surface area (Å²) in [5.74, 6) is -0.526. The lowest BCUT2D eigenvalue weighted by molar-refractivity contribution is -0.122. The number of rotatable bonds is 6. The number of pyridine rings is 1. The Morgan fingerprint density at radius 1 is 1.00 bits per heavy atom. The van der Waals surface area contributed by atoms with E-state index in [1.165, 1.54) is 17.0 Å². The number of piperazine rings is 1. The summed E-state index contributed by atoms with van der Waals surface area (Å²) in [6.07, 6.45) is -0.660. The topological polar surface area (TPSA) is 119 Å². The number of hydrogen-bond donors (Lipinski definition) is 2. The van der Waals surface area contributed by atoms with Gasteiger partial charge in [-0.05, 0) is 51.5 Å². The van der Waals surface area contributed by atoms with Crippen LogP contribution in [0.25, 0.3) is 0 Å². The second kappa shape index (κ2) is 12.4. The zero-order valence-corrected chi connectivity index (χ0v) is 24.6. The molecular weight excluding hydrogens is 545 g/mol. The van der Waals surface area contributed by atoms with Crippen LogP contribution in [-0.4, -0.2) is 118 Å². The predicted molar refractivity (Wildman–Crippen MR) is 154 cm³/mol. The Bertz CT molecular complexity index is 1290. The number of anilines is 1. The average molecular weight is 586 g/mol. The van der Waals surface area contributed by atoms with E-state index < -0.39 is 6.09 Å². The molecular formula is C30H40FN5O6. The Morgan fingerprint density at radius 3 is 2.36 bits per heavy atom. The van der Waals surface area contributed by atoms with E-state index in [0.717, 1.165) is 5.56 Å². The largest absolute Gasteiger partial charge is 0.493 e. The molecule has 3 aliphatic heterocycles. The minimum absolute atomic E-state index is 0.0908.